The number of hydrogen-bond donors (Lipinski definition) is 1. The van der Waals surface area contributed by atoms with Gasteiger partial charge < -0.3 is 9.63 Å². The van der Waals surface area contributed by atoms with E-state index in [-0.39, 0.29) is 17.9 Å². The molecule has 17 heavy (non-hydrogen) atoms. The summed E-state index contributed by atoms with van der Waals surface area (Å²) in [5.41, 5.74) is 0.0191. The molecule has 0 atom stereocenters. The lowest BCUT2D eigenvalue weighted by atomic mass is 10.1. The third-order valence-electron chi connectivity index (χ3n) is 2.03. The van der Waals surface area contributed by atoms with Crippen LogP contribution in [0.15, 0.2) is 22.7 Å². The topological polar surface area (TPSA) is 76.2 Å². The van der Waals surface area contributed by atoms with Crippen LogP contribution in [0.2, 0.25) is 0 Å². The molecule has 2 rings (SSSR count). The molecule has 5 nitrogen and oxygen atoms in total. The molecule has 0 aliphatic rings. The summed E-state index contributed by atoms with van der Waals surface area (Å²) < 4.78 is 30.7. The van der Waals surface area contributed by atoms with Gasteiger partial charge in [0.2, 0.25) is 5.89 Å². The highest BCUT2D eigenvalue weighted by Gasteiger charge is 2.15. The maximum absolute atomic E-state index is 13.3. The number of halogens is 2. The molecule has 0 spiro atoms. The molecule has 1 heterocycles. The number of hydrogen-bond acceptors (Lipinski definition) is 4. The molecular formula is C10H6F2N2O3. The van der Waals surface area contributed by atoms with Gasteiger partial charge in [0.15, 0.2) is 11.6 Å². The molecule has 0 bridgehead atoms. The van der Waals surface area contributed by atoms with E-state index in [2.05, 4.69) is 14.7 Å². The van der Waals surface area contributed by atoms with Gasteiger partial charge in [-0.15, -0.1) is 0 Å². The Bertz CT molecular complexity index is 568. The quantitative estimate of drug-likeness (QED) is 0.882. The zero-order valence-electron chi connectivity index (χ0n) is 8.35. The summed E-state index contributed by atoms with van der Waals surface area (Å²) in [4.78, 5) is 14.0. The van der Waals surface area contributed by atoms with E-state index in [1.165, 1.54) is 12.1 Å². The molecule has 0 saturated carbocycles. The second kappa shape index (κ2) is 4.28. The van der Waals surface area contributed by atoms with Crippen LogP contribution in [0.4, 0.5) is 8.78 Å². The van der Waals surface area contributed by atoms with Gasteiger partial charge in [0, 0.05) is 5.56 Å². The first-order chi connectivity index (χ1) is 8.08. The Hall–Kier alpha value is -2.31. The van der Waals surface area contributed by atoms with Gasteiger partial charge in [0.25, 0.3) is 5.82 Å². The molecule has 0 aliphatic carbocycles. The Balaban J connectivity index is 2.25. The summed E-state index contributed by atoms with van der Waals surface area (Å²) in [5, 5.41) is 11.7. The molecule has 0 aliphatic heterocycles. The van der Waals surface area contributed by atoms with Crippen molar-refractivity contribution >= 4 is 5.97 Å². The van der Waals surface area contributed by atoms with Crippen molar-refractivity contribution in [3.8, 4) is 0 Å². The molecule has 2 aromatic rings. The fourth-order valence-corrected chi connectivity index (χ4v) is 1.26. The molecule has 0 saturated heterocycles. The fraction of sp³-hybridized carbons (Fsp3) is 0.100. The van der Waals surface area contributed by atoms with Crippen LogP contribution in [-0.2, 0) is 6.42 Å². The van der Waals surface area contributed by atoms with E-state index in [1.807, 2.05) is 0 Å². The van der Waals surface area contributed by atoms with Gasteiger partial charge in [-0.05, 0) is 11.2 Å². The molecule has 1 aromatic heterocycles. The smallest absolute Gasteiger partial charge is 0.377 e. The molecular weight excluding hydrogens is 234 g/mol. The summed E-state index contributed by atoms with van der Waals surface area (Å²) in [5.74, 6) is -3.95. The average molecular weight is 240 g/mol. The maximum atomic E-state index is 13.3. The number of benzene rings is 1. The van der Waals surface area contributed by atoms with E-state index in [4.69, 9.17) is 5.11 Å². The second-order valence-electron chi connectivity index (χ2n) is 3.21. The van der Waals surface area contributed by atoms with E-state index in [0.29, 0.717) is 0 Å². The molecule has 7 heteroatoms. The molecule has 0 amide bonds. The summed E-state index contributed by atoms with van der Waals surface area (Å²) in [7, 11) is 0. The van der Waals surface area contributed by atoms with Crippen LogP contribution in [0.5, 0.6) is 0 Å². The van der Waals surface area contributed by atoms with Gasteiger partial charge in [-0.25, -0.2) is 13.6 Å². The van der Waals surface area contributed by atoms with Crippen molar-refractivity contribution in [2.75, 3.05) is 0 Å². The minimum atomic E-state index is -1.35. The number of aromatic nitrogens is 2. The van der Waals surface area contributed by atoms with Crippen molar-refractivity contribution in [3.63, 3.8) is 0 Å². The minimum absolute atomic E-state index is 0.0191. The van der Waals surface area contributed by atoms with Gasteiger partial charge >= 0.3 is 5.97 Å². The van der Waals surface area contributed by atoms with Crippen LogP contribution in [0.3, 0.4) is 0 Å². The zero-order chi connectivity index (χ0) is 12.4. The van der Waals surface area contributed by atoms with Crippen molar-refractivity contribution in [2.45, 2.75) is 6.42 Å². The van der Waals surface area contributed by atoms with Crippen molar-refractivity contribution in [1.82, 2.24) is 10.1 Å². The number of aromatic carboxylic acids is 1. The highest BCUT2D eigenvalue weighted by Crippen LogP contribution is 2.14. The van der Waals surface area contributed by atoms with Crippen molar-refractivity contribution in [1.29, 1.82) is 0 Å². The molecule has 0 fully saturated rings. The third-order valence-corrected chi connectivity index (χ3v) is 2.03. The predicted molar refractivity (Wildman–Crippen MR) is 50.4 cm³/mol. The number of nitrogens with zero attached hydrogens (tertiary/aromatic N) is 2. The van der Waals surface area contributed by atoms with E-state index >= 15 is 0 Å². The van der Waals surface area contributed by atoms with E-state index in [9.17, 15) is 13.6 Å². The standard InChI is InChI=1S/C10H6F2N2O3/c11-6-3-1-2-5(8(6)12)4-7-13-9(10(15)16)14-17-7/h1-3H,4H2,(H,15,16). The van der Waals surface area contributed by atoms with Crippen LogP contribution in [-0.4, -0.2) is 21.2 Å². The van der Waals surface area contributed by atoms with E-state index in [1.54, 1.807) is 0 Å². The van der Waals surface area contributed by atoms with Gasteiger partial charge in [-0.1, -0.05) is 12.1 Å². The molecule has 1 N–H and O–H groups in total. The monoisotopic (exact) mass is 240 g/mol. The second-order valence-corrected chi connectivity index (χ2v) is 3.21. The first-order valence-electron chi connectivity index (χ1n) is 4.56. The van der Waals surface area contributed by atoms with E-state index in [0.717, 1.165) is 6.07 Å². The van der Waals surface area contributed by atoms with Crippen molar-refractivity contribution in [3.05, 3.63) is 47.1 Å². The van der Waals surface area contributed by atoms with Gasteiger partial charge in [0.05, 0.1) is 6.42 Å². The third kappa shape index (κ3) is 2.27. The fourth-order valence-electron chi connectivity index (χ4n) is 1.26. The van der Waals surface area contributed by atoms with Crippen LogP contribution in [0.25, 0.3) is 0 Å². The molecule has 0 unspecified atom stereocenters. The summed E-state index contributed by atoms with van der Waals surface area (Å²) in [6, 6.07) is 3.67. The van der Waals surface area contributed by atoms with Gasteiger partial charge in [0.1, 0.15) is 0 Å². The summed E-state index contributed by atoms with van der Waals surface area (Å²) >= 11 is 0. The first kappa shape index (κ1) is 11.2. The SMILES string of the molecule is O=C(O)c1noc(Cc2cccc(F)c2F)n1. The van der Waals surface area contributed by atoms with Crippen molar-refractivity contribution in [2.24, 2.45) is 0 Å². The molecule has 1 aromatic carbocycles. The minimum Gasteiger partial charge on any atom is -0.475 e. The Morgan fingerprint density at radius 1 is 1.41 bits per heavy atom. The van der Waals surface area contributed by atoms with E-state index < -0.39 is 23.4 Å². The average Bonchev–Trinajstić information content (AvgIpc) is 2.73. The van der Waals surface area contributed by atoms with Crippen molar-refractivity contribution < 1.29 is 23.2 Å². The van der Waals surface area contributed by atoms with Gasteiger partial charge in [-0.3, -0.25) is 0 Å². The largest absolute Gasteiger partial charge is 0.475 e. The van der Waals surface area contributed by atoms with Crippen LogP contribution >= 0.6 is 0 Å². The number of carbonyl (C=O) groups is 1. The lowest BCUT2D eigenvalue weighted by Crippen LogP contribution is -2.00. The number of rotatable bonds is 3. The van der Waals surface area contributed by atoms with Crippen LogP contribution in [0, 0.1) is 11.6 Å². The predicted octanol–water partition coefficient (Wildman–Crippen LogP) is 1.64. The van der Waals surface area contributed by atoms with Crippen LogP contribution in [0.1, 0.15) is 22.1 Å². The van der Waals surface area contributed by atoms with Gasteiger partial charge in [-0.2, -0.15) is 4.98 Å². The Morgan fingerprint density at radius 3 is 2.82 bits per heavy atom. The zero-order valence-corrected chi connectivity index (χ0v) is 8.35. The Labute approximate surface area is 93.7 Å². The maximum Gasteiger partial charge on any atom is 0.377 e. The normalized spacial score (nSPS) is 10.5. The lowest BCUT2D eigenvalue weighted by Gasteiger charge is -1.99. The number of carboxylic acids is 1. The molecule has 0 radical (unpaired) electrons. The Morgan fingerprint density at radius 2 is 2.18 bits per heavy atom. The first-order valence-corrected chi connectivity index (χ1v) is 4.56. The lowest BCUT2D eigenvalue weighted by molar-refractivity contribution is 0.0680. The highest BCUT2D eigenvalue weighted by atomic mass is 19.2. The Kier molecular flexibility index (Phi) is 2.82. The molecule has 88 valence electrons. The summed E-state index contributed by atoms with van der Waals surface area (Å²) in [6.07, 6.45) is -0.163. The number of carboxylic acid groups (broad SMARTS) is 1. The summed E-state index contributed by atoms with van der Waals surface area (Å²) in [6.45, 7) is 0. The van der Waals surface area contributed by atoms with Crippen LogP contribution < -0.4 is 0 Å². The highest BCUT2D eigenvalue weighted by molar-refractivity contribution is 5.82.